The first kappa shape index (κ1) is 59.1. The summed E-state index contributed by atoms with van der Waals surface area (Å²) >= 11 is 0. The van der Waals surface area contributed by atoms with Gasteiger partial charge in [-0.3, -0.25) is 8.42 Å². The van der Waals surface area contributed by atoms with Crippen LogP contribution in [0, 0.1) is 0 Å². The summed E-state index contributed by atoms with van der Waals surface area (Å²) < 4.78 is 36.4. The lowest BCUT2D eigenvalue weighted by Crippen LogP contribution is -2.46. The highest BCUT2D eigenvalue weighted by molar-refractivity contribution is 7.79. The minimum absolute atomic E-state index is 0.816. The molecule has 0 aromatic rings. The number of nitrogens with zero attached hydrogens (tertiary/aromatic N) is 2. The third-order valence-corrected chi connectivity index (χ3v) is 13.0. The highest BCUT2D eigenvalue weighted by Gasteiger charge is 2.21. The smallest absolute Gasteiger partial charge is 0.0857 e. The van der Waals surface area contributed by atoms with Crippen LogP contribution < -0.4 is 0 Å². The van der Waals surface area contributed by atoms with E-state index < -0.39 is 10.4 Å². The fourth-order valence-corrected chi connectivity index (χ4v) is 7.30. The molecule has 7 heteroatoms. The number of hydrogen-bond acceptors (Lipinski definition) is 4. The van der Waals surface area contributed by atoms with Gasteiger partial charge in [-0.1, -0.05) is 206 Å². The Morgan fingerprint density at radius 2 is 0.491 bits per heavy atom. The summed E-state index contributed by atoms with van der Waals surface area (Å²) in [4.78, 5) is 0. The van der Waals surface area contributed by atoms with E-state index in [2.05, 4.69) is 69.7 Å². The van der Waals surface area contributed by atoms with Crippen molar-refractivity contribution in [3.05, 3.63) is 0 Å². The van der Waals surface area contributed by atoms with Crippen LogP contribution in [0.3, 0.4) is 0 Å². The summed E-state index contributed by atoms with van der Waals surface area (Å²) in [5, 5.41) is 0. The van der Waals surface area contributed by atoms with E-state index >= 15 is 0 Å². The van der Waals surface area contributed by atoms with Crippen molar-refractivity contribution in [2.24, 2.45) is 0 Å². The van der Waals surface area contributed by atoms with Crippen LogP contribution in [0.4, 0.5) is 0 Å². The first-order valence-electron chi connectivity index (χ1n) is 24.4. The summed E-state index contributed by atoms with van der Waals surface area (Å²) in [7, 11) is 4.32. The third-order valence-electron chi connectivity index (χ3n) is 13.0. The number of unbranched alkanes of at least 4 members (excludes halogenated alkanes) is 30. The summed E-state index contributed by atoms with van der Waals surface area (Å²) in [6.45, 7) is 16.6. The Balaban J connectivity index is -0.000000874. The van der Waals surface area contributed by atoms with Crippen LogP contribution in [-0.4, -0.2) is 79.9 Å². The molecule has 2 atom stereocenters. The zero-order chi connectivity index (χ0) is 42.1. The van der Waals surface area contributed by atoms with E-state index in [-0.39, 0.29) is 0 Å². The fourth-order valence-electron chi connectivity index (χ4n) is 7.30. The zero-order valence-electron chi connectivity index (χ0n) is 39.5. The Hall–Kier alpha value is -0.210. The summed E-state index contributed by atoms with van der Waals surface area (Å²) in [6, 6.07) is 1.63. The number of rotatable bonds is 38. The summed E-state index contributed by atoms with van der Waals surface area (Å²) in [5.74, 6) is 0. The third kappa shape index (κ3) is 49.9. The highest BCUT2D eigenvalue weighted by Crippen LogP contribution is 2.18. The van der Waals surface area contributed by atoms with E-state index in [0.717, 1.165) is 12.1 Å². The maximum absolute atomic E-state index is 8.52. The van der Waals surface area contributed by atoms with Crippen molar-refractivity contribution in [3.8, 4) is 0 Å². The van der Waals surface area contributed by atoms with Gasteiger partial charge in [0.15, 0.2) is 0 Å². The molecule has 0 radical (unpaired) electrons. The van der Waals surface area contributed by atoms with E-state index in [4.69, 9.17) is 17.5 Å². The van der Waals surface area contributed by atoms with Crippen LogP contribution >= 0.6 is 0 Å². The Labute approximate surface area is 348 Å². The average molecular weight is 805 g/mol. The Morgan fingerprint density at radius 1 is 0.345 bits per heavy atom. The topological polar surface area (TPSA) is 80.3 Å². The second kappa shape index (κ2) is 41.9. The molecule has 0 fully saturated rings. The van der Waals surface area contributed by atoms with E-state index in [1.165, 1.54) is 240 Å². The molecular weight excluding hydrogens is 701 g/mol. The lowest BCUT2D eigenvalue weighted by molar-refractivity contribution is -0.911. The summed E-state index contributed by atoms with van der Waals surface area (Å²) in [6.07, 6.45) is 49.6. The number of quaternary nitrogens is 2. The predicted octanol–water partition coefficient (Wildman–Crippen LogP) is 14.9. The van der Waals surface area contributed by atoms with Crippen LogP contribution in [0.1, 0.15) is 260 Å². The summed E-state index contributed by atoms with van der Waals surface area (Å²) in [5.41, 5.74) is 0. The van der Waals surface area contributed by atoms with Crippen molar-refractivity contribution < 1.29 is 26.5 Å². The first-order valence-corrected chi connectivity index (χ1v) is 25.7. The molecule has 0 N–H and O–H groups in total. The van der Waals surface area contributed by atoms with Crippen LogP contribution in [-0.2, 0) is 10.4 Å². The first-order chi connectivity index (χ1) is 26.1. The van der Waals surface area contributed by atoms with Gasteiger partial charge in [-0.05, 0) is 53.4 Å². The second-order valence-corrected chi connectivity index (χ2v) is 19.3. The van der Waals surface area contributed by atoms with Crippen molar-refractivity contribution in [1.82, 2.24) is 0 Å². The van der Waals surface area contributed by atoms with E-state index in [1.807, 2.05) is 0 Å². The Morgan fingerprint density at radius 3 is 0.636 bits per heavy atom. The van der Waals surface area contributed by atoms with Gasteiger partial charge in [0.25, 0.3) is 0 Å². The molecule has 0 bridgehead atoms. The van der Waals surface area contributed by atoms with Crippen molar-refractivity contribution in [3.63, 3.8) is 0 Å². The van der Waals surface area contributed by atoms with Crippen molar-refractivity contribution in [1.29, 1.82) is 0 Å². The van der Waals surface area contributed by atoms with Gasteiger partial charge in [0.2, 0.25) is 0 Å². The Kier molecular flexibility index (Phi) is 45.1. The minimum atomic E-state index is -5.17. The molecule has 0 aliphatic carbocycles. The predicted molar refractivity (Wildman–Crippen MR) is 243 cm³/mol. The van der Waals surface area contributed by atoms with Gasteiger partial charge in [0, 0.05) is 10.4 Å². The molecule has 0 aromatic carbocycles. The molecular formula is C48H104N2O4S. The van der Waals surface area contributed by atoms with Gasteiger partial charge in [-0.15, -0.1) is 0 Å². The molecule has 0 aromatic heterocycles. The molecule has 0 saturated heterocycles. The lowest BCUT2D eigenvalue weighted by Gasteiger charge is -2.35. The standard InChI is InChI=1S/2C24H52N.H2O4S/c2*1-6-8-9-10-11-12-13-14-15-16-17-18-19-20-21-22-23-24(3)25(4,5)7-2;1-5(2,3)4/h2*24H,6-23H2,1-5H3;(H2,1,2,3,4)/q2*+1;/p-2. The maximum Gasteiger partial charge on any atom is 0.0857 e. The van der Waals surface area contributed by atoms with Gasteiger partial charge >= 0.3 is 0 Å². The number of hydrogen-bond donors (Lipinski definition) is 0. The van der Waals surface area contributed by atoms with Crippen LogP contribution in [0.25, 0.3) is 0 Å². The molecule has 0 heterocycles. The van der Waals surface area contributed by atoms with E-state index in [1.54, 1.807) is 0 Å². The van der Waals surface area contributed by atoms with Gasteiger partial charge in [0.05, 0.1) is 53.4 Å². The minimum Gasteiger partial charge on any atom is -0.759 e. The molecule has 0 saturated carbocycles. The van der Waals surface area contributed by atoms with E-state index in [9.17, 15) is 0 Å². The molecule has 0 aliphatic rings. The van der Waals surface area contributed by atoms with Crippen molar-refractivity contribution in [2.45, 2.75) is 272 Å². The molecule has 2 unspecified atom stereocenters. The average Bonchev–Trinajstić information content (AvgIpc) is 3.13. The Bertz CT molecular complexity index is 787. The molecule has 0 aliphatic heterocycles. The monoisotopic (exact) mass is 805 g/mol. The molecule has 0 amide bonds. The molecule has 0 rings (SSSR count). The van der Waals surface area contributed by atoms with Crippen LogP contribution in [0.5, 0.6) is 0 Å². The zero-order valence-corrected chi connectivity index (χ0v) is 40.4. The molecule has 336 valence electrons. The quantitative estimate of drug-likeness (QED) is 0.0269. The van der Waals surface area contributed by atoms with Gasteiger partial charge in [-0.2, -0.15) is 0 Å². The second-order valence-electron chi connectivity index (χ2n) is 18.5. The van der Waals surface area contributed by atoms with Gasteiger partial charge < -0.3 is 18.1 Å². The molecule has 6 nitrogen and oxygen atoms in total. The van der Waals surface area contributed by atoms with Gasteiger partial charge in [-0.25, -0.2) is 0 Å². The van der Waals surface area contributed by atoms with E-state index in [0.29, 0.717) is 0 Å². The van der Waals surface area contributed by atoms with Crippen molar-refractivity contribution in [2.75, 3.05) is 41.3 Å². The highest BCUT2D eigenvalue weighted by atomic mass is 32.3. The SMILES string of the molecule is CCCCCCCCCCCCCCCCCCC(C)[N+](C)(C)CC.CCCCCCCCCCCCCCCCCCC(C)[N+](C)(C)CC.O=S(=O)([O-])[O-]. The van der Waals surface area contributed by atoms with Crippen molar-refractivity contribution >= 4 is 10.4 Å². The lowest BCUT2D eigenvalue weighted by atomic mass is 10.0. The molecule has 0 spiro atoms. The van der Waals surface area contributed by atoms with Crippen LogP contribution in [0.2, 0.25) is 0 Å². The maximum atomic E-state index is 8.52. The fraction of sp³-hybridized carbons (Fsp3) is 1.00. The molecule has 55 heavy (non-hydrogen) atoms. The largest absolute Gasteiger partial charge is 0.759 e. The normalized spacial score (nSPS) is 13.2. The van der Waals surface area contributed by atoms with Crippen LogP contribution in [0.15, 0.2) is 0 Å². The van der Waals surface area contributed by atoms with Gasteiger partial charge in [0.1, 0.15) is 0 Å².